The summed E-state index contributed by atoms with van der Waals surface area (Å²) in [5, 5.41) is 1.29. The number of carbonyl (C=O) groups is 2. The van der Waals surface area contributed by atoms with Gasteiger partial charge >= 0.3 is 5.97 Å². The molecule has 0 N–H and O–H groups in total. The largest absolute Gasteiger partial charge is 0.493 e. The molecule has 0 radical (unpaired) electrons. The minimum absolute atomic E-state index is 0.0823. The lowest BCUT2D eigenvalue weighted by atomic mass is 9.87. The van der Waals surface area contributed by atoms with Crippen LogP contribution in [0.4, 0.5) is 4.39 Å². The zero-order valence-electron chi connectivity index (χ0n) is 23.3. The van der Waals surface area contributed by atoms with E-state index in [-0.39, 0.29) is 30.0 Å². The maximum atomic E-state index is 15.4. The molecule has 5 rings (SSSR count). The molecule has 1 heterocycles. The van der Waals surface area contributed by atoms with Crippen molar-refractivity contribution in [3.8, 4) is 5.75 Å². The summed E-state index contributed by atoms with van der Waals surface area (Å²) in [6.07, 6.45) is 5.93. The van der Waals surface area contributed by atoms with Crippen molar-refractivity contribution in [3.05, 3.63) is 62.9 Å². The molecule has 3 atom stereocenters. The normalized spacial score (nSPS) is 22.7. The van der Waals surface area contributed by atoms with E-state index in [0.717, 1.165) is 56.3 Å². The van der Waals surface area contributed by atoms with Gasteiger partial charge in [0.2, 0.25) is 0 Å². The fourth-order valence-electron chi connectivity index (χ4n) is 6.35. The van der Waals surface area contributed by atoms with E-state index in [2.05, 4.69) is 11.8 Å². The molecule has 3 fully saturated rings. The Bertz CT molecular complexity index is 1220. The van der Waals surface area contributed by atoms with Crippen molar-refractivity contribution in [2.45, 2.75) is 70.8 Å². The van der Waals surface area contributed by atoms with Gasteiger partial charge in [0, 0.05) is 28.1 Å². The number of carbonyl (C=O) groups excluding carboxylic acids is 2. The van der Waals surface area contributed by atoms with Gasteiger partial charge in [-0.25, -0.2) is 4.39 Å². The van der Waals surface area contributed by atoms with Gasteiger partial charge in [0.15, 0.2) is 5.78 Å². The van der Waals surface area contributed by atoms with Crippen LogP contribution in [-0.2, 0) is 9.53 Å². The molecule has 0 unspecified atom stereocenters. The van der Waals surface area contributed by atoms with Crippen LogP contribution in [0.15, 0.2) is 30.3 Å². The number of esters is 1. The van der Waals surface area contributed by atoms with Crippen LogP contribution in [0, 0.1) is 23.6 Å². The summed E-state index contributed by atoms with van der Waals surface area (Å²) in [5.41, 5.74) is 2.11. The highest BCUT2D eigenvalue weighted by molar-refractivity contribution is 6.34. The number of Topliss-reactive ketones (excluding diaryl/α,β-unsaturated/α-hetero) is 1. The summed E-state index contributed by atoms with van der Waals surface area (Å²) < 4.78 is 26.8. The molecule has 8 heteroatoms. The van der Waals surface area contributed by atoms with Gasteiger partial charge in [0.25, 0.3) is 0 Å². The lowest BCUT2D eigenvalue weighted by Gasteiger charge is -2.36. The second kappa shape index (κ2) is 12.8. The second-order valence-electron chi connectivity index (χ2n) is 11.6. The van der Waals surface area contributed by atoms with Crippen molar-refractivity contribution in [1.29, 1.82) is 0 Å². The van der Waals surface area contributed by atoms with E-state index >= 15 is 4.39 Å². The molecule has 2 aromatic rings. The first kappa shape index (κ1) is 29.3. The number of benzene rings is 2. The highest BCUT2D eigenvalue weighted by Crippen LogP contribution is 2.46. The molecule has 1 saturated heterocycles. The van der Waals surface area contributed by atoms with E-state index in [1.54, 1.807) is 19.1 Å². The predicted octanol–water partition coefficient (Wildman–Crippen LogP) is 8.02. The van der Waals surface area contributed by atoms with Crippen molar-refractivity contribution in [2.24, 2.45) is 17.8 Å². The number of piperidine rings is 1. The Kier molecular flexibility index (Phi) is 9.38. The molecular weight excluding hydrogens is 552 g/mol. The molecular formula is C32H38Cl2FNO4. The van der Waals surface area contributed by atoms with Gasteiger partial charge in [-0.05, 0) is 113 Å². The Morgan fingerprint density at radius 2 is 1.65 bits per heavy atom. The van der Waals surface area contributed by atoms with Gasteiger partial charge < -0.3 is 9.47 Å². The minimum atomic E-state index is -0.567. The molecule has 0 aromatic heterocycles. The van der Waals surface area contributed by atoms with Gasteiger partial charge in [0.1, 0.15) is 11.6 Å². The maximum Gasteiger partial charge on any atom is 0.309 e. The number of rotatable bonds is 10. The first-order valence-corrected chi connectivity index (χ1v) is 15.4. The van der Waals surface area contributed by atoms with Crippen molar-refractivity contribution < 1.29 is 23.5 Å². The van der Waals surface area contributed by atoms with E-state index in [4.69, 9.17) is 32.7 Å². The van der Waals surface area contributed by atoms with E-state index in [1.165, 1.54) is 6.07 Å². The van der Waals surface area contributed by atoms with E-state index in [9.17, 15) is 9.59 Å². The van der Waals surface area contributed by atoms with E-state index in [1.807, 2.05) is 12.1 Å². The van der Waals surface area contributed by atoms with Gasteiger partial charge in [0.05, 0.1) is 24.7 Å². The average Bonchev–Trinajstić information content (AvgIpc) is 3.66. The predicted molar refractivity (Wildman–Crippen MR) is 155 cm³/mol. The highest BCUT2D eigenvalue weighted by Gasteiger charge is 2.40. The number of halogens is 3. The van der Waals surface area contributed by atoms with Gasteiger partial charge in [-0.2, -0.15) is 0 Å². The number of nitrogens with zero attached hydrogens (tertiary/aromatic N) is 1. The Labute approximate surface area is 246 Å². The third-order valence-corrected chi connectivity index (χ3v) is 9.30. The minimum Gasteiger partial charge on any atom is -0.493 e. The molecule has 1 aliphatic heterocycles. The first-order chi connectivity index (χ1) is 19.2. The van der Waals surface area contributed by atoms with Crippen LogP contribution in [0.3, 0.4) is 0 Å². The molecule has 2 aliphatic carbocycles. The summed E-state index contributed by atoms with van der Waals surface area (Å²) in [5.74, 6) is -1.01. The molecule has 2 saturated carbocycles. The number of ketones is 1. The SMILES string of the molecule is CCOC(=O)[C@@H]1CCC[C@H]1C(=O)c1cc(C2CC2)c(OCC2CCN([C@@H](C)c3cc(Cl)cc(Cl)c3)CC2)cc1F. The molecule has 216 valence electrons. The lowest BCUT2D eigenvalue weighted by molar-refractivity contribution is -0.148. The molecule has 0 amide bonds. The summed E-state index contributed by atoms with van der Waals surface area (Å²) in [6, 6.07) is 9.00. The van der Waals surface area contributed by atoms with Gasteiger partial charge in [-0.15, -0.1) is 0 Å². The topological polar surface area (TPSA) is 55.8 Å². The summed E-state index contributed by atoms with van der Waals surface area (Å²) in [4.78, 5) is 28.3. The van der Waals surface area contributed by atoms with Crippen LogP contribution in [0.5, 0.6) is 5.75 Å². The molecule has 5 nitrogen and oxygen atoms in total. The number of likely N-dealkylation sites (tertiary alicyclic amines) is 1. The third-order valence-electron chi connectivity index (χ3n) is 8.86. The Balaban J connectivity index is 1.22. The van der Waals surface area contributed by atoms with Crippen molar-refractivity contribution >= 4 is 35.0 Å². The summed E-state index contributed by atoms with van der Waals surface area (Å²) >= 11 is 12.4. The van der Waals surface area contributed by atoms with Crippen molar-refractivity contribution in [1.82, 2.24) is 4.90 Å². The highest BCUT2D eigenvalue weighted by atomic mass is 35.5. The first-order valence-electron chi connectivity index (χ1n) is 14.6. The van der Waals surface area contributed by atoms with Crippen LogP contribution in [-0.4, -0.2) is 43.0 Å². The number of hydrogen-bond donors (Lipinski definition) is 0. The van der Waals surface area contributed by atoms with Crippen LogP contribution in [0.1, 0.15) is 92.2 Å². The molecule has 2 aromatic carbocycles. The molecule has 40 heavy (non-hydrogen) atoms. The van der Waals surface area contributed by atoms with Gasteiger partial charge in [-0.3, -0.25) is 14.5 Å². The van der Waals surface area contributed by atoms with E-state index < -0.39 is 17.7 Å². The van der Waals surface area contributed by atoms with Crippen LogP contribution in [0.25, 0.3) is 0 Å². The van der Waals surface area contributed by atoms with Crippen molar-refractivity contribution in [2.75, 3.05) is 26.3 Å². The van der Waals surface area contributed by atoms with Gasteiger partial charge in [-0.1, -0.05) is 29.6 Å². The third kappa shape index (κ3) is 6.66. The zero-order chi connectivity index (χ0) is 28.4. The number of ether oxygens (including phenoxy) is 2. The van der Waals surface area contributed by atoms with Crippen molar-refractivity contribution in [3.63, 3.8) is 0 Å². The lowest BCUT2D eigenvalue weighted by Crippen LogP contribution is -2.37. The molecule has 0 bridgehead atoms. The standard InChI is InChI=1S/C32H38Cl2FNO4/c1-3-39-32(38)26-6-4-5-25(26)31(37)28-16-27(21-7-8-21)30(17-29(28)35)40-18-20-9-11-36(12-10-20)19(2)22-13-23(33)15-24(34)14-22/h13-17,19-21,25-26H,3-12,18H2,1-2H3/t19-,25+,26+/m0/s1. The number of hydrogen-bond acceptors (Lipinski definition) is 5. The Morgan fingerprint density at radius 1 is 0.975 bits per heavy atom. The monoisotopic (exact) mass is 589 g/mol. The average molecular weight is 591 g/mol. The quantitative estimate of drug-likeness (QED) is 0.207. The van der Waals surface area contributed by atoms with Crippen LogP contribution < -0.4 is 4.74 Å². The van der Waals surface area contributed by atoms with Crippen LogP contribution >= 0.6 is 23.2 Å². The zero-order valence-corrected chi connectivity index (χ0v) is 24.8. The van der Waals surface area contributed by atoms with Crippen LogP contribution in [0.2, 0.25) is 10.0 Å². The Hall–Kier alpha value is -2.15. The molecule has 3 aliphatic rings. The molecule has 0 spiro atoms. The maximum absolute atomic E-state index is 15.4. The smallest absolute Gasteiger partial charge is 0.309 e. The Morgan fingerprint density at radius 3 is 2.30 bits per heavy atom. The summed E-state index contributed by atoms with van der Waals surface area (Å²) in [7, 11) is 0. The van der Waals surface area contributed by atoms with E-state index in [0.29, 0.717) is 47.1 Å². The second-order valence-corrected chi connectivity index (χ2v) is 12.4. The fourth-order valence-corrected chi connectivity index (χ4v) is 6.89. The summed E-state index contributed by atoms with van der Waals surface area (Å²) in [6.45, 7) is 6.58. The fraction of sp³-hybridized carbons (Fsp3) is 0.562.